The topological polar surface area (TPSA) is 95.5 Å². The first-order valence-corrected chi connectivity index (χ1v) is 7.85. The number of aliphatic hydroxyl groups excluding tert-OH is 1. The molecule has 0 saturated heterocycles. The maximum atomic E-state index is 10.0. The molecule has 1 N–H and O–H groups in total. The number of aliphatic hydroxyl groups is 1. The number of para-hydroxylation sites is 1. The molecule has 0 aliphatic carbocycles. The van der Waals surface area contributed by atoms with Crippen molar-refractivity contribution in [3.8, 4) is 29.4 Å². The van der Waals surface area contributed by atoms with Crippen LogP contribution in [0.2, 0.25) is 0 Å². The van der Waals surface area contributed by atoms with Gasteiger partial charge in [-0.3, -0.25) is 0 Å². The van der Waals surface area contributed by atoms with Gasteiger partial charge in [-0.2, -0.15) is 10.5 Å². The van der Waals surface area contributed by atoms with Gasteiger partial charge in [-0.15, -0.1) is 0 Å². The second-order valence-electron chi connectivity index (χ2n) is 5.28. The van der Waals surface area contributed by atoms with Crippen LogP contribution < -0.4 is 14.2 Å². The fourth-order valence-electron chi connectivity index (χ4n) is 2.09. The molecule has 0 bridgehead atoms. The monoisotopic (exact) mass is 350 g/mol. The lowest BCUT2D eigenvalue weighted by atomic mass is 10.1. The van der Waals surface area contributed by atoms with Crippen LogP contribution in [0.25, 0.3) is 6.08 Å². The molecule has 0 aliphatic rings. The lowest BCUT2D eigenvalue weighted by Gasteiger charge is -2.15. The van der Waals surface area contributed by atoms with Gasteiger partial charge in [-0.05, 0) is 35.9 Å². The summed E-state index contributed by atoms with van der Waals surface area (Å²) in [6, 6.07) is 17.8. The predicted molar refractivity (Wildman–Crippen MR) is 95.6 cm³/mol. The first-order valence-electron chi connectivity index (χ1n) is 7.85. The summed E-state index contributed by atoms with van der Waals surface area (Å²) < 4.78 is 16.3. The average molecular weight is 350 g/mol. The van der Waals surface area contributed by atoms with Crippen molar-refractivity contribution in [3.63, 3.8) is 0 Å². The minimum absolute atomic E-state index is 0.00537. The summed E-state index contributed by atoms with van der Waals surface area (Å²) in [4.78, 5) is 0. The molecule has 0 amide bonds. The molecule has 0 saturated carbocycles. The van der Waals surface area contributed by atoms with Crippen LogP contribution in [0.5, 0.6) is 17.2 Å². The highest BCUT2D eigenvalue weighted by Crippen LogP contribution is 2.29. The molecule has 132 valence electrons. The maximum Gasteiger partial charge on any atom is 0.161 e. The van der Waals surface area contributed by atoms with E-state index in [4.69, 9.17) is 24.7 Å². The highest BCUT2D eigenvalue weighted by Gasteiger charge is 2.10. The van der Waals surface area contributed by atoms with Crippen molar-refractivity contribution in [2.45, 2.75) is 6.10 Å². The summed E-state index contributed by atoms with van der Waals surface area (Å²) in [5.41, 5.74) is 0.634. The Bertz CT molecular complexity index is 819. The molecule has 2 aromatic rings. The highest BCUT2D eigenvalue weighted by molar-refractivity contribution is 5.64. The van der Waals surface area contributed by atoms with Crippen LogP contribution in [0.15, 0.2) is 54.1 Å². The Morgan fingerprint density at radius 1 is 1.04 bits per heavy atom. The normalized spacial score (nSPS) is 10.8. The quantitative estimate of drug-likeness (QED) is 0.736. The van der Waals surface area contributed by atoms with E-state index in [1.807, 2.05) is 18.2 Å². The van der Waals surface area contributed by atoms with Crippen LogP contribution in [-0.4, -0.2) is 31.5 Å². The Labute approximate surface area is 152 Å². The Morgan fingerprint density at radius 2 is 1.73 bits per heavy atom. The van der Waals surface area contributed by atoms with Crippen molar-refractivity contribution in [3.05, 3.63) is 59.7 Å². The van der Waals surface area contributed by atoms with Crippen LogP contribution in [0, 0.1) is 22.7 Å². The lowest BCUT2D eigenvalue weighted by Crippen LogP contribution is -2.25. The van der Waals surface area contributed by atoms with E-state index in [1.165, 1.54) is 13.2 Å². The van der Waals surface area contributed by atoms with Gasteiger partial charge in [0, 0.05) is 0 Å². The fourth-order valence-corrected chi connectivity index (χ4v) is 2.09. The third kappa shape index (κ3) is 5.55. The molecule has 0 radical (unpaired) electrons. The van der Waals surface area contributed by atoms with E-state index in [-0.39, 0.29) is 18.8 Å². The number of hydrogen-bond donors (Lipinski definition) is 1. The minimum Gasteiger partial charge on any atom is -0.493 e. The lowest BCUT2D eigenvalue weighted by molar-refractivity contribution is 0.0617. The summed E-state index contributed by atoms with van der Waals surface area (Å²) in [7, 11) is 1.49. The highest BCUT2D eigenvalue weighted by atomic mass is 16.5. The third-order valence-electron chi connectivity index (χ3n) is 3.36. The first-order chi connectivity index (χ1) is 12.7. The number of nitriles is 2. The van der Waals surface area contributed by atoms with Crippen molar-refractivity contribution < 1.29 is 19.3 Å². The molecule has 0 aromatic heterocycles. The number of hydrogen-bond acceptors (Lipinski definition) is 6. The molecule has 26 heavy (non-hydrogen) atoms. The first kappa shape index (κ1) is 18.9. The van der Waals surface area contributed by atoms with Gasteiger partial charge in [0.1, 0.15) is 42.8 Å². The van der Waals surface area contributed by atoms with Gasteiger partial charge in [0.15, 0.2) is 11.5 Å². The summed E-state index contributed by atoms with van der Waals surface area (Å²) in [5, 5.41) is 27.6. The molecule has 2 aromatic carbocycles. The van der Waals surface area contributed by atoms with Crippen LogP contribution in [-0.2, 0) is 0 Å². The molecule has 1 atom stereocenters. The summed E-state index contributed by atoms with van der Waals surface area (Å²) in [5.74, 6) is 1.55. The van der Waals surface area contributed by atoms with Gasteiger partial charge >= 0.3 is 0 Å². The largest absolute Gasteiger partial charge is 0.493 e. The summed E-state index contributed by atoms with van der Waals surface area (Å²) in [6.45, 7) is 0.126. The Hall–Kier alpha value is -3.48. The van der Waals surface area contributed by atoms with E-state index in [1.54, 1.807) is 42.5 Å². The van der Waals surface area contributed by atoms with E-state index in [9.17, 15) is 5.11 Å². The van der Waals surface area contributed by atoms with Gasteiger partial charge in [-0.1, -0.05) is 24.3 Å². The average Bonchev–Trinajstić information content (AvgIpc) is 2.69. The van der Waals surface area contributed by atoms with Crippen molar-refractivity contribution >= 4 is 6.08 Å². The van der Waals surface area contributed by atoms with Crippen LogP contribution in [0.1, 0.15) is 5.56 Å². The zero-order chi connectivity index (χ0) is 18.8. The van der Waals surface area contributed by atoms with Crippen molar-refractivity contribution in [1.29, 1.82) is 10.5 Å². The standard InChI is InChI=1S/C20H18N2O4/c1-24-20-10-15(9-16(11-21)12-22)7-8-19(20)26-14-17(23)13-25-18-5-3-2-4-6-18/h2-10,17,23H,13-14H2,1H3. The molecule has 1 unspecified atom stereocenters. The molecule has 2 rings (SSSR count). The number of ether oxygens (including phenoxy) is 3. The van der Waals surface area contributed by atoms with Crippen LogP contribution >= 0.6 is 0 Å². The number of rotatable bonds is 8. The number of allylic oxidation sites excluding steroid dienone is 1. The Balaban J connectivity index is 1.95. The molecule has 6 nitrogen and oxygen atoms in total. The van der Waals surface area contributed by atoms with Gasteiger partial charge in [0.05, 0.1) is 7.11 Å². The maximum absolute atomic E-state index is 10.0. The van der Waals surface area contributed by atoms with Crippen LogP contribution in [0.3, 0.4) is 0 Å². The minimum atomic E-state index is -0.816. The van der Waals surface area contributed by atoms with E-state index in [0.717, 1.165) is 0 Å². The van der Waals surface area contributed by atoms with Gasteiger partial charge in [-0.25, -0.2) is 0 Å². The number of methoxy groups -OCH3 is 1. The molecular formula is C20H18N2O4. The third-order valence-corrected chi connectivity index (χ3v) is 3.36. The Morgan fingerprint density at radius 3 is 2.38 bits per heavy atom. The van der Waals surface area contributed by atoms with Gasteiger partial charge < -0.3 is 19.3 Å². The molecule has 6 heteroatoms. The van der Waals surface area contributed by atoms with E-state index < -0.39 is 6.10 Å². The molecule has 0 heterocycles. The summed E-state index contributed by atoms with van der Waals surface area (Å²) >= 11 is 0. The second-order valence-corrected chi connectivity index (χ2v) is 5.28. The Kier molecular flexibility index (Phi) is 7.05. The van der Waals surface area contributed by atoms with Crippen molar-refractivity contribution in [1.82, 2.24) is 0 Å². The molecular weight excluding hydrogens is 332 g/mol. The van der Waals surface area contributed by atoms with Crippen LogP contribution in [0.4, 0.5) is 0 Å². The zero-order valence-corrected chi connectivity index (χ0v) is 14.3. The summed E-state index contributed by atoms with van der Waals surface area (Å²) in [6.07, 6.45) is 0.637. The van der Waals surface area contributed by atoms with E-state index in [0.29, 0.717) is 22.8 Å². The number of benzene rings is 2. The van der Waals surface area contributed by atoms with Crippen molar-refractivity contribution in [2.24, 2.45) is 0 Å². The van der Waals surface area contributed by atoms with Crippen molar-refractivity contribution in [2.75, 3.05) is 20.3 Å². The predicted octanol–water partition coefficient (Wildman–Crippen LogP) is 2.94. The van der Waals surface area contributed by atoms with E-state index in [2.05, 4.69) is 0 Å². The van der Waals surface area contributed by atoms with Gasteiger partial charge in [0.25, 0.3) is 0 Å². The molecule has 0 aliphatic heterocycles. The fraction of sp³-hybridized carbons (Fsp3) is 0.200. The number of nitrogens with zero attached hydrogens (tertiary/aromatic N) is 2. The SMILES string of the molecule is COc1cc(C=C(C#N)C#N)ccc1OCC(O)COc1ccccc1. The zero-order valence-electron chi connectivity index (χ0n) is 14.3. The van der Waals surface area contributed by atoms with E-state index >= 15 is 0 Å². The molecule has 0 spiro atoms. The smallest absolute Gasteiger partial charge is 0.161 e. The molecule has 0 fully saturated rings. The second kappa shape index (κ2) is 9.73. The van der Waals surface area contributed by atoms with Gasteiger partial charge in [0.2, 0.25) is 0 Å².